The van der Waals surface area contributed by atoms with Crippen molar-refractivity contribution < 1.29 is 4.74 Å². The highest BCUT2D eigenvalue weighted by Gasteiger charge is 2.54. The van der Waals surface area contributed by atoms with E-state index >= 15 is 0 Å². The third-order valence-electron chi connectivity index (χ3n) is 3.95. The Morgan fingerprint density at radius 2 is 1.77 bits per heavy atom. The molecule has 2 aliphatic rings. The molecule has 2 fully saturated rings. The van der Waals surface area contributed by atoms with Crippen LogP contribution in [0.25, 0.3) is 0 Å². The highest BCUT2D eigenvalue weighted by Crippen LogP contribution is 2.50. The first kappa shape index (κ1) is 9.51. The smallest absolute Gasteiger partial charge is 0.0967 e. The summed E-state index contributed by atoms with van der Waals surface area (Å²) in [7, 11) is 0. The molecule has 0 aromatic heterocycles. The Kier molecular flexibility index (Phi) is 2.18. The van der Waals surface area contributed by atoms with Crippen LogP contribution in [0.2, 0.25) is 0 Å². The van der Waals surface area contributed by atoms with E-state index in [0.717, 1.165) is 12.5 Å². The average Bonchev–Trinajstić information content (AvgIpc) is 2.59. The third-order valence-corrected chi connectivity index (χ3v) is 3.95. The predicted octanol–water partition coefficient (Wildman–Crippen LogP) is 3.38. The molecule has 2 rings (SSSR count). The molecule has 0 radical (unpaired) electrons. The van der Waals surface area contributed by atoms with Crippen LogP contribution in [-0.4, -0.2) is 12.2 Å². The minimum Gasteiger partial charge on any atom is -0.369 e. The Labute approximate surface area is 81.9 Å². The average molecular weight is 182 g/mol. The first-order chi connectivity index (χ1) is 6.04. The van der Waals surface area contributed by atoms with E-state index in [1.807, 2.05) is 0 Å². The van der Waals surface area contributed by atoms with Crippen molar-refractivity contribution in [3.05, 3.63) is 0 Å². The first-order valence-electron chi connectivity index (χ1n) is 5.67. The third kappa shape index (κ3) is 1.76. The minimum atomic E-state index is 0.252. The largest absolute Gasteiger partial charge is 0.369 e. The summed E-state index contributed by atoms with van der Waals surface area (Å²) in [6.07, 6.45) is 7.11. The van der Waals surface area contributed by atoms with Gasteiger partial charge in [0.25, 0.3) is 0 Å². The molecule has 1 unspecified atom stereocenters. The van der Waals surface area contributed by atoms with Gasteiger partial charge in [-0.15, -0.1) is 0 Å². The zero-order chi connectivity index (χ0) is 9.53. The van der Waals surface area contributed by atoms with Crippen molar-refractivity contribution in [3.8, 4) is 0 Å². The number of epoxide rings is 1. The van der Waals surface area contributed by atoms with E-state index in [2.05, 4.69) is 20.8 Å². The standard InChI is InChI=1S/C12H22O/c1-11(2,3)12(9-13-12)8-10-6-4-5-7-10/h10H,4-9H2,1-3H3. The number of hydrogen-bond acceptors (Lipinski definition) is 1. The summed E-state index contributed by atoms with van der Waals surface area (Å²) in [4.78, 5) is 0. The predicted molar refractivity (Wildman–Crippen MR) is 54.7 cm³/mol. The summed E-state index contributed by atoms with van der Waals surface area (Å²) >= 11 is 0. The monoisotopic (exact) mass is 182 g/mol. The first-order valence-corrected chi connectivity index (χ1v) is 5.67. The second-order valence-corrected chi connectivity index (χ2v) is 5.89. The van der Waals surface area contributed by atoms with Gasteiger partial charge in [-0.2, -0.15) is 0 Å². The molecule has 0 spiro atoms. The van der Waals surface area contributed by atoms with E-state index in [1.165, 1.54) is 32.1 Å². The molecule has 1 nitrogen and oxygen atoms in total. The van der Waals surface area contributed by atoms with Crippen LogP contribution < -0.4 is 0 Å². The summed E-state index contributed by atoms with van der Waals surface area (Å²) in [5.41, 5.74) is 0.595. The van der Waals surface area contributed by atoms with Gasteiger partial charge in [-0.3, -0.25) is 0 Å². The fourth-order valence-corrected chi connectivity index (χ4v) is 2.62. The lowest BCUT2D eigenvalue weighted by molar-refractivity contribution is 0.125. The van der Waals surface area contributed by atoms with E-state index < -0.39 is 0 Å². The summed E-state index contributed by atoms with van der Waals surface area (Å²) in [6.45, 7) is 7.95. The minimum absolute atomic E-state index is 0.252. The van der Waals surface area contributed by atoms with Gasteiger partial charge < -0.3 is 4.74 Å². The fraction of sp³-hybridized carbons (Fsp3) is 1.00. The maximum absolute atomic E-state index is 5.72. The van der Waals surface area contributed by atoms with Gasteiger partial charge in [-0.1, -0.05) is 46.5 Å². The summed E-state index contributed by atoms with van der Waals surface area (Å²) in [5.74, 6) is 0.960. The molecule has 1 saturated heterocycles. The maximum Gasteiger partial charge on any atom is 0.0967 e. The number of rotatable bonds is 2. The summed E-state index contributed by atoms with van der Waals surface area (Å²) in [6, 6.07) is 0. The second kappa shape index (κ2) is 2.98. The second-order valence-electron chi connectivity index (χ2n) is 5.89. The van der Waals surface area contributed by atoms with Crippen LogP contribution in [0.15, 0.2) is 0 Å². The quantitative estimate of drug-likeness (QED) is 0.596. The van der Waals surface area contributed by atoms with Crippen LogP contribution in [0.4, 0.5) is 0 Å². The zero-order valence-corrected chi connectivity index (χ0v) is 9.23. The molecule has 76 valence electrons. The van der Waals surface area contributed by atoms with E-state index in [4.69, 9.17) is 4.74 Å². The van der Waals surface area contributed by atoms with Crippen LogP contribution >= 0.6 is 0 Å². The molecule has 1 heteroatoms. The molecule has 1 atom stereocenters. The van der Waals surface area contributed by atoms with Crippen molar-refractivity contribution in [2.24, 2.45) is 11.3 Å². The van der Waals surface area contributed by atoms with Crippen LogP contribution in [0, 0.1) is 11.3 Å². The highest BCUT2D eigenvalue weighted by molar-refractivity contribution is 5.03. The van der Waals surface area contributed by atoms with Gasteiger partial charge in [0.2, 0.25) is 0 Å². The molecule has 0 amide bonds. The van der Waals surface area contributed by atoms with Gasteiger partial charge in [-0.25, -0.2) is 0 Å². The molecule has 1 aliphatic heterocycles. The molecule has 1 saturated carbocycles. The van der Waals surface area contributed by atoms with Gasteiger partial charge >= 0.3 is 0 Å². The van der Waals surface area contributed by atoms with Gasteiger partial charge in [0.1, 0.15) is 0 Å². The van der Waals surface area contributed by atoms with E-state index in [0.29, 0.717) is 5.41 Å². The lowest BCUT2D eigenvalue weighted by Gasteiger charge is -2.29. The topological polar surface area (TPSA) is 12.5 Å². The van der Waals surface area contributed by atoms with Gasteiger partial charge in [0, 0.05) is 0 Å². The van der Waals surface area contributed by atoms with Crippen molar-refractivity contribution in [1.29, 1.82) is 0 Å². The molecular weight excluding hydrogens is 160 g/mol. The Morgan fingerprint density at radius 3 is 2.15 bits per heavy atom. The summed E-state index contributed by atoms with van der Waals surface area (Å²) < 4.78 is 5.72. The lowest BCUT2D eigenvalue weighted by atomic mass is 9.75. The number of ether oxygens (including phenoxy) is 1. The highest BCUT2D eigenvalue weighted by atomic mass is 16.6. The summed E-state index contributed by atoms with van der Waals surface area (Å²) in [5, 5.41) is 0. The van der Waals surface area contributed by atoms with Crippen LogP contribution in [0.5, 0.6) is 0 Å². The van der Waals surface area contributed by atoms with Crippen molar-refractivity contribution in [1.82, 2.24) is 0 Å². The Balaban J connectivity index is 1.93. The van der Waals surface area contributed by atoms with Gasteiger partial charge in [0.15, 0.2) is 0 Å². The molecule has 13 heavy (non-hydrogen) atoms. The molecule has 1 aliphatic carbocycles. The van der Waals surface area contributed by atoms with Crippen molar-refractivity contribution in [3.63, 3.8) is 0 Å². The molecule has 1 heterocycles. The Morgan fingerprint density at radius 1 is 1.23 bits per heavy atom. The molecular formula is C12H22O. The van der Waals surface area contributed by atoms with Crippen molar-refractivity contribution >= 4 is 0 Å². The lowest BCUT2D eigenvalue weighted by Crippen LogP contribution is -2.32. The van der Waals surface area contributed by atoms with Crippen LogP contribution in [0.3, 0.4) is 0 Å². The fourth-order valence-electron chi connectivity index (χ4n) is 2.62. The molecule has 0 aromatic rings. The van der Waals surface area contributed by atoms with E-state index in [9.17, 15) is 0 Å². The maximum atomic E-state index is 5.72. The SMILES string of the molecule is CC(C)(C)C1(CC2CCCC2)CO1. The normalized spacial score (nSPS) is 35.3. The van der Waals surface area contributed by atoms with Gasteiger partial charge in [0.05, 0.1) is 12.2 Å². The van der Waals surface area contributed by atoms with Gasteiger partial charge in [-0.05, 0) is 17.8 Å². The Bertz CT molecular complexity index is 180. The van der Waals surface area contributed by atoms with Crippen molar-refractivity contribution in [2.45, 2.75) is 58.5 Å². The Hall–Kier alpha value is -0.0400. The zero-order valence-electron chi connectivity index (χ0n) is 9.23. The van der Waals surface area contributed by atoms with E-state index in [1.54, 1.807) is 0 Å². The van der Waals surface area contributed by atoms with Crippen molar-refractivity contribution in [2.75, 3.05) is 6.61 Å². The molecule has 0 bridgehead atoms. The molecule has 0 aromatic carbocycles. The molecule has 0 N–H and O–H groups in total. The number of hydrogen-bond donors (Lipinski definition) is 0. The van der Waals surface area contributed by atoms with E-state index in [-0.39, 0.29) is 5.60 Å². The van der Waals surface area contributed by atoms with Crippen LogP contribution in [0.1, 0.15) is 52.9 Å². The van der Waals surface area contributed by atoms with Crippen LogP contribution in [-0.2, 0) is 4.74 Å².